The minimum absolute atomic E-state index is 0.189. The number of amides is 1. The minimum atomic E-state index is -1.37. The van der Waals surface area contributed by atoms with Crippen LogP contribution in [0.15, 0.2) is 60.7 Å². The molecule has 2 aromatic rings. The molecule has 0 unspecified atom stereocenters. The summed E-state index contributed by atoms with van der Waals surface area (Å²) in [5.74, 6) is -0.189. The molecule has 0 saturated heterocycles. The van der Waals surface area contributed by atoms with Crippen molar-refractivity contribution in [2.45, 2.75) is 128 Å². The molecule has 0 fully saturated rings. The zero-order valence-corrected chi connectivity index (χ0v) is 24.4. The quantitative estimate of drug-likeness (QED) is 0.110. The Balaban J connectivity index is 1.83. The highest BCUT2D eigenvalue weighted by atomic mass is 16.3. The summed E-state index contributed by atoms with van der Waals surface area (Å²) >= 11 is 0. The standard InChI is InChI=1S/C34H54N2O3/c1-2-3-4-5-6-7-8-9-10-11-12-13-20-25-32(38)36(33(39)27-26-30-21-16-14-17-22-30)34(35,29-37)28-31-23-18-15-19-24-31/h14-19,21-24,33,37,39H,2-13,20,25-29,35H2,1H3/t33-,34-/m0/s1. The van der Waals surface area contributed by atoms with Gasteiger partial charge in [-0.05, 0) is 30.4 Å². The van der Waals surface area contributed by atoms with Crippen LogP contribution in [0, 0.1) is 0 Å². The Morgan fingerprint density at radius 2 is 1.23 bits per heavy atom. The maximum absolute atomic E-state index is 13.5. The molecular weight excluding hydrogens is 484 g/mol. The minimum Gasteiger partial charge on any atom is -0.392 e. The maximum atomic E-state index is 13.5. The number of aliphatic hydroxyl groups is 2. The van der Waals surface area contributed by atoms with Crippen LogP contribution in [0.5, 0.6) is 0 Å². The number of hydrogen-bond acceptors (Lipinski definition) is 4. The molecule has 39 heavy (non-hydrogen) atoms. The van der Waals surface area contributed by atoms with Crippen molar-refractivity contribution in [1.29, 1.82) is 0 Å². The fourth-order valence-corrected chi connectivity index (χ4v) is 5.36. The van der Waals surface area contributed by atoms with E-state index in [2.05, 4.69) is 6.92 Å². The van der Waals surface area contributed by atoms with Crippen LogP contribution in [0.2, 0.25) is 0 Å². The molecule has 2 atom stereocenters. The monoisotopic (exact) mass is 538 g/mol. The van der Waals surface area contributed by atoms with Crippen molar-refractivity contribution in [3.63, 3.8) is 0 Å². The smallest absolute Gasteiger partial charge is 0.226 e. The predicted molar refractivity (Wildman–Crippen MR) is 162 cm³/mol. The highest BCUT2D eigenvalue weighted by Crippen LogP contribution is 2.23. The Bertz CT molecular complexity index is 877. The van der Waals surface area contributed by atoms with Gasteiger partial charge in [-0.3, -0.25) is 9.69 Å². The average molecular weight is 539 g/mol. The fraction of sp³-hybridized carbons (Fsp3) is 0.618. The Labute approximate surface area is 237 Å². The van der Waals surface area contributed by atoms with Crippen LogP contribution in [0.3, 0.4) is 0 Å². The Hall–Kier alpha value is -2.21. The Kier molecular flexibility index (Phi) is 16.7. The molecule has 0 heterocycles. The third kappa shape index (κ3) is 13.1. The molecule has 218 valence electrons. The fourth-order valence-electron chi connectivity index (χ4n) is 5.36. The summed E-state index contributed by atoms with van der Waals surface area (Å²) in [5.41, 5.74) is 7.33. The molecule has 0 radical (unpaired) electrons. The second kappa shape index (κ2) is 19.8. The summed E-state index contributed by atoms with van der Waals surface area (Å²) in [4.78, 5) is 14.8. The highest BCUT2D eigenvalue weighted by molar-refractivity contribution is 5.77. The van der Waals surface area contributed by atoms with E-state index in [0.717, 1.165) is 30.4 Å². The molecular formula is C34H54N2O3. The van der Waals surface area contributed by atoms with Crippen LogP contribution in [0.25, 0.3) is 0 Å². The van der Waals surface area contributed by atoms with E-state index in [-0.39, 0.29) is 12.3 Å². The molecule has 2 aromatic carbocycles. The van der Waals surface area contributed by atoms with Crippen molar-refractivity contribution in [1.82, 2.24) is 4.90 Å². The summed E-state index contributed by atoms with van der Waals surface area (Å²) in [6.07, 6.45) is 16.7. The van der Waals surface area contributed by atoms with Gasteiger partial charge in [-0.15, -0.1) is 0 Å². The van der Waals surface area contributed by atoms with Crippen LogP contribution in [0.1, 0.15) is 114 Å². The van der Waals surface area contributed by atoms with E-state index in [1.54, 1.807) is 0 Å². The van der Waals surface area contributed by atoms with Crippen LogP contribution >= 0.6 is 0 Å². The predicted octanol–water partition coefficient (Wildman–Crippen LogP) is 7.14. The molecule has 0 aromatic heterocycles. The number of nitrogens with two attached hydrogens (primary N) is 1. The maximum Gasteiger partial charge on any atom is 0.226 e. The number of aliphatic hydroxyl groups excluding tert-OH is 2. The number of carbonyl (C=O) groups excluding carboxylic acids is 1. The van der Waals surface area contributed by atoms with Crippen molar-refractivity contribution in [2.24, 2.45) is 5.73 Å². The van der Waals surface area contributed by atoms with E-state index in [9.17, 15) is 15.0 Å². The van der Waals surface area contributed by atoms with Crippen molar-refractivity contribution >= 4 is 5.91 Å². The molecule has 0 bridgehead atoms. The third-order valence-electron chi connectivity index (χ3n) is 7.70. The number of rotatable bonds is 22. The summed E-state index contributed by atoms with van der Waals surface area (Å²) < 4.78 is 0. The zero-order chi connectivity index (χ0) is 28.2. The van der Waals surface area contributed by atoms with E-state index < -0.39 is 18.5 Å². The summed E-state index contributed by atoms with van der Waals surface area (Å²) in [6.45, 7) is 1.84. The normalized spacial score (nSPS) is 13.6. The van der Waals surface area contributed by atoms with Crippen molar-refractivity contribution in [2.75, 3.05) is 6.61 Å². The first kappa shape index (κ1) is 33.0. The second-order valence-corrected chi connectivity index (χ2v) is 11.2. The van der Waals surface area contributed by atoms with Crippen molar-refractivity contribution < 1.29 is 15.0 Å². The molecule has 5 nitrogen and oxygen atoms in total. The zero-order valence-electron chi connectivity index (χ0n) is 24.4. The topological polar surface area (TPSA) is 86.8 Å². The molecule has 4 N–H and O–H groups in total. The summed E-state index contributed by atoms with van der Waals surface area (Å²) in [6, 6.07) is 19.5. The first-order valence-corrected chi connectivity index (χ1v) is 15.5. The Morgan fingerprint density at radius 3 is 1.72 bits per heavy atom. The average Bonchev–Trinajstić information content (AvgIpc) is 2.95. The number of nitrogens with zero attached hydrogens (tertiary/aromatic N) is 1. The molecule has 1 amide bonds. The van der Waals surface area contributed by atoms with Gasteiger partial charge in [0.15, 0.2) is 0 Å². The highest BCUT2D eigenvalue weighted by Gasteiger charge is 2.39. The largest absolute Gasteiger partial charge is 0.392 e. The number of aryl methyl sites for hydroxylation is 1. The molecule has 0 aliphatic rings. The van der Waals surface area contributed by atoms with Crippen LogP contribution < -0.4 is 5.73 Å². The lowest BCUT2D eigenvalue weighted by Gasteiger charge is -2.43. The van der Waals surface area contributed by atoms with Crippen LogP contribution in [-0.4, -0.2) is 39.5 Å². The lowest BCUT2D eigenvalue weighted by Crippen LogP contribution is -2.65. The lowest BCUT2D eigenvalue weighted by molar-refractivity contribution is -0.158. The van der Waals surface area contributed by atoms with E-state index >= 15 is 0 Å². The number of carbonyl (C=O) groups is 1. The van der Waals surface area contributed by atoms with Crippen molar-refractivity contribution in [3.8, 4) is 0 Å². The van der Waals surface area contributed by atoms with E-state index in [4.69, 9.17) is 5.73 Å². The summed E-state index contributed by atoms with van der Waals surface area (Å²) in [5, 5.41) is 21.6. The summed E-state index contributed by atoms with van der Waals surface area (Å²) in [7, 11) is 0. The van der Waals surface area contributed by atoms with Gasteiger partial charge in [-0.1, -0.05) is 145 Å². The van der Waals surface area contributed by atoms with Gasteiger partial charge in [0.05, 0.1) is 6.61 Å². The number of hydrogen-bond donors (Lipinski definition) is 3. The van der Waals surface area contributed by atoms with Crippen molar-refractivity contribution in [3.05, 3.63) is 71.8 Å². The van der Waals surface area contributed by atoms with Gasteiger partial charge in [0.1, 0.15) is 11.9 Å². The first-order chi connectivity index (χ1) is 19.0. The van der Waals surface area contributed by atoms with Gasteiger partial charge in [-0.25, -0.2) is 0 Å². The van der Waals surface area contributed by atoms with E-state index in [0.29, 0.717) is 19.3 Å². The molecule has 0 aliphatic carbocycles. The molecule has 2 rings (SSSR count). The molecule has 0 saturated carbocycles. The van der Waals surface area contributed by atoms with Gasteiger partial charge >= 0.3 is 0 Å². The van der Waals surface area contributed by atoms with Crippen LogP contribution in [0.4, 0.5) is 0 Å². The molecule has 0 spiro atoms. The third-order valence-corrected chi connectivity index (χ3v) is 7.70. The van der Waals surface area contributed by atoms with Gasteiger partial charge in [-0.2, -0.15) is 0 Å². The van der Waals surface area contributed by atoms with E-state index in [1.807, 2.05) is 60.7 Å². The molecule has 5 heteroatoms. The van der Waals surface area contributed by atoms with Crippen LogP contribution in [-0.2, 0) is 17.6 Å². The van der Waals surface area contributed by atoms with Gasteiger partial charge < -0.3 is 15.9 Å². The lowest BCUT2D eigenvalue weighted by atomic mass is 9.96. The van der Waals surface area contributed by atoms with Gasteiger partial charge in [0, 0.05) is 12.8 Å². The van der Waals surface area contributed by atoms with Gasteiger partial charge in [0.25, 0.3) is 0 Å². The number of benzene rings is 2. The molecule has 0 aliphatic heterocycles. The Morgan fingerprint density at radius 1 is 0.769 bits per heavy atom. The SMILES string of the molecule is CCCCCCCCCCCCCCCC(=O)N([C@@H](O)CCc1ccccc1)[C@](N)(CO)Cc1ccccc1. The number of unbranched alkanes of at least 4 members (excludes halogenated alkanes) is 12. The van der Waals surface area contributed by atoms with E-state index in [1.165, 1.54) is 69.1 Å². The second-order valence-electron chi connectivity index (χ2n) is 11.2. The first-order valence-electron chi connectivity index (χ1n) is 15.5. The van der Waals surface area contributed by atoms with Gasteiger partial charge in [0.2, 0.25) is 5.91 Å².